The Labute approximate surface area is 425 Å². The minimum Gasteiger partial charge on any atom is -0.462 e. The molecule has 0 N–H and O–H groups in total. The first-order chi connectivity index (χ1) is 33.3. The number of hydrogen-bond acceptors (Lipinski definition) is 6. The third-order valence-corrected chi connectivity index (χ3v) is 14.6. The molecule has 0 aromatic heterocycles. The van der Waals surface area contributed by atoms with E-state index in [9.17, 15) is 14.4 Å². The fourth-order valence-electron chi connectivity index (χ4n) is 9.55. The van der Waals surface area contributed by atoms with Gasteiger partial charge in [-0.05, 0) is 31.1 Å². The third kappa shape index (κ3) is 53.8. The van der Waals surface area contributed by atoms with E-state index in [4.69, 9.17) is 14.2 Å². The van der Waals surface area contributed by atoms with Gasteiger partial charge in [0.25, 0.3) is 0 Å². The number of ether oxygens (including phenoxy) is 3. The molecule has 0 rings (SSSR count). The molecule has 0 radical (unpaired) electrons. The molecule has 0 bridgehead atoms. The maximum Gasteiger partial charge on any atom is 0.306 e. The topological polar surface area (TPSA) is 78.9 Å². The van der Waals surface area contributed by atoms with Crippen LogP contribution >= 0.6 is 0 Å². The SMILES string of the molecule is CCCCCCCCCCCCCCCC(=O)OC[C@H](COC(=O)CCCCCCCCCCCCCCCCCCCCC(C)CC)OC(=O)CCCCCCCCCCCCCCC(C)C. The van der Waals surface area contributed by atoms with Crippen LogP contribution in [0.4, 0.5) is 0 Å². The monoisotopic (exact) mass is 961 g/mol. The highest BCUT2D eigenvalue weighted by molar-refractivity contribution is 5.71. The van der Waals surface area contributed by atoms with Crippen LogP contribution < -0.4 is 0 Å². The number of esters is 3. The summed E-state index contributed by atoms with van der Waals surface area (Å²) in [6, 6.07) is 0. The van der Waals surface area contributed by atoms with Gasteiger partial charge in [0.2, 0.25) is 0 Å². The maximum absolute atomic E-state index is 12.9. The third-order valence-electron chi connectivity index (χ3n) is 14.6. The molecule has 0 heterocycles. The zero-order valence-electron chi connectivity index (χ0n) is 46.7. The minimum atomic E-state index is -0.763. The Balaban J connectivity index is 4.23. The van der Waals surface area contributed by atoms with Gasteiger partial charge in [0, 0.05) is 19.3 Å². The molecule has 0 saturated carbocycles. The van der Waals surface area contributed by atoms with Crippen molar-refractivity contribution in [3.8, 4) is 0 Å². The predicted octanol–water partition coefficient (Wildman–Crippen LogP) is 20.4. The molecule has 0 aliphatic rings. The highest BCUT2D eigenvalue weighted by atomic mass is 16.6. The standard InChI is InChI=1S/C62H120O6/c1-6-8-9-10-11-12-13-20-27-32-37-42-47-52-60(63)66-55-59(68-62(65)54-49-44-39-34-29-24-23-25-30-35-40-45-50-57(3)4)56-67-61(64)53-48-43-38-33-28-22-19-17-15-14-16-18-21-26-31-36-41-46-51-58(5)7-2/h57-59H,6-56H2,1-5H3/t58?,59-/m1/s1. The molecule has 0 amide bonds. The molecular weight excluding hydrogens is 841 g/mol. The van der Waals surface area contributed by atoms with Gasteiger partial charge in [0.05, 0.1) is 0 Å². The van der Waals surface area contributed by atoms with E-state index in [2.05, 4.69) is 34.6 Å². The van der Waals surface area contributed by atoms with Crippen molar-refractivity contribution in [3.05, 3.63) is 0 Å². The van der Waals surface area contributed by atoms with E-state index >= 15 is 0 Å². The van der Waals surface area contributed by atoms with Crippen LogP contribution in [0.5, 0.6) is 0 Å². The lowest BCUT2D eigenvalue weighted by Crippen LogP contribution is -2.30. The van der Waals surface area contributed by atoms with Crippen molar-refractivity contribution in [1.82, 2.24) is 0 Å². The van der Waals surface area contributed by atoms with Gasteiger partial charge < -0.3 is 14.2 Å². The summed E-state index contributed by atoms with van der Waals surface area (Å²) in [5, 5.41) is 0. The van der Waals surface area contributed by atoms with Gasteiger partial charge >= 0.3 is 17.9 Å². The minimum absolute atomic E-state index is 0.0622. The second-order valence-electron chi connectivity index (χ2n) is 22.1. The molecule has 0 spiro atoms. The highest BCUT2D eigenvalue weighted by Crippen LogP contribution is 2.19. The van der Waals surface area contributed by atoms with E-state index in [1.165, 1.54) is 238 Å². The molecule has 0 aliphatic carbocycles. The quantitative estimate of drug-likeness (QED) is 0.0343. The van der Waals surface area contributed by atoms with Crippen LogP contribution in [0.2, 0.25) is 0 Å². The number of rotatable bonds is 56. The summed E-state index contributed by atoms with van der Waals surface area (Å²) < 4.78 is 16.9. The Morgan fingerprint density at radius 2 is 0.559 bits per heavy atom. The van der Waals surface area contributed by atoms with E-state index in [-0.39, 0.29) is 31.1 Å². The summed E-state index contributed by atoms with van der Waals surface area (Å²) in [4.78, 5) is 38.2. The molecule has 0 aliphatic heterocycles. The van der Waals surface area contributed by atoms with Crippen LogP contribution in [0.1, 0.15) is 349 Å². The molecule has 6 heteroatoms. The molecule has 0 fully saturated rings. The Morgan fingerprint density at radius 1 is 0.309 bits per heavy atom. The highest BCUT2D eigenvalue weighted by Gasteiger charge is 2.19. The Kier molecular flexibility index (Phi) is 53.5. The lowest BCUT2D eigenvalue weighted by Gasteiger charge is -2.18. The lowest BCUT2D eigenvalue weighted by molar-refractivity contribution is -0.167. The molecule has 0 aromatic carbocycles. The molecule has 68 heavy (non-hydrogen) atoms. The van der Waals surface area contributed by atoms with E-state index in [1.807, 2.05) is 0 Å². The van der Waals surface area contributed by atoms with Crippen molar-refractivity contribution < 1.29 is 28.6 Å². The summed E-state index contributed by atoms with van der Waals surface area (Å²) in [5.41, 5.74) is 0. The Morgan fingerprint density at radius 3 is 0.838 bits per heavy atom. The largest absolute Gasteiger partial charge is 0.462 e. The summed E-state index contributed by atoms with van der Waals surface area (Å²) in [7, 11) is 0. The second-order valence-corrected chi connectivity index (χ2v) is 22.1. The van der Waals surface area contributed by atoms with Crippen LogP contribution in [0.25, 0.3) is 0 Å². The van der Waals surface area contributed by atoms with Crippen LogP contribution in [0.3, 0.4) is 0 Å². The molecule has 404 valence electrons. The number of hydrogen-bond donors (Lipinski definition) is 0. The fraction of sp³-hybridized carbons (Fsp3) is 0.952. The summed E-state index contributed by atoms with van der Waals surface area (Å²) in [6.45, 7) is 11.5. The second kappa shape index (κ2) is 54.7. The molecule has 1 unspecified atom stereocenters. The molecular formula is C62H120O6. The van der Waals surface area contributed by atoms with Gasteiger partial charge in [-0.2, -0.15) is 0 Å². The average Bonchev–Trinajstić information content (AvgIpc) is 3.32. The Hall–Kier alpha value is -1.59. The lowest BCUT2D eigenvalue weighted by atomic mass is 9.99. The zero-order valence-corrected chi connectivity index (χ0v) is 46.7. The van der Waals surface area contributed by atoms with E-state index in [0.717, 1.165) is 69.6 Å². The summed E-state index contributed by atoms with van der Waals surface area (Å²) in [6.07, 6.45) is 59.5. The van der Waals surface area contributed by atoms with Gasteiger partial charge in [-0.3, -0.25) is 14.4 Å². The molecule has 0 aromatic rings. The van der Waals surface area contributed by atoms with Crippen molar-refractivity contribution in [3.63, 3.8) is 0 Å². The van der Waals surface area contributed by atoms with Crippen LogP contribution in [-0.4, -0.2) is 37.2 Å². The van der Waals surface area contributed by atoms with Crippen LogP contribution in [0, 0.1) is 11.8 Å². The number of carbonyl (C=O) groups excluding carboxylic acids is 3. The summed E-state index contributed by atoms with van der Waals surface area (Å²) in [5.74, 6) is 0.907. The molecule has 0 saturated heterocycles. The van der Waals surface area contributed by atoms with Gasteiger partial charge in [-0.15, -0.1) is 0 Å². The maximum atomic E-state index is 12.9. The fourth-order valence-corrected chi connectivity index (χ4v) is 9.55. The van der Waals surface area contributed by atoms with Gasteiger partial charge in [0.1, 0.15) is 13.2 Å². The van der Waals surface area contributed by atoms with Gasteiger partial charge in [0.15, 0.2) is 6.10 Å². The first-order valence-corrected chi connectivity index (χ1v) is 30.8. The smallest absolute Gasteiger partial charge is 0.306 e. The van der Waals surface area contributed by atoms with Gasteiger partial charge in [-0.1, -0.05) is 311 Å². The van der Waals surface area contributed by atoms with Crippen LogP contribution in [-0.2, 0) is 28.6 Å². The average molecular weight is 962 g/mol. The van der Waals surface area contributed by atoms with Gasteiger partial charge in [-0.25, -0.2) is 0 Å². The van der Waals surface area contributed by atoms with Crippen molar-refractivity contribution in [2.75, 3.05) is 13.2 Å². The zero-order chi connectivity index (χ0) is 49.6. The van der Waals surface area contributed by atoms with Crippen molar-refractivity contribution in [2.24, 2.45) is 11.8 Å². The molecule has 2 atom stereocenters. The normalized spacial score (nSPS) is 12.4. The van der Waals surface area contributed by atoms with Crippen LogP contribution in [0.15, 0.2) is 0 Å². The number of unbranched alkanes of at least 4 members (excludes halogenated alkanes) is 40. The molecule has 6 nitrogen and oxygen atoms in total. The first kappa shape index (κ1) is 66.4. The number of carbonyl (C=O) groups is 3. The van der Waals surface area contributed by atoms with E-state index in [0.29, 0.717) is 19.3 Å². The summed E-state index contributed by atoms with van der Waals surface area (Å²) >= 11 is 0. The Bertz CT molecular complexity index is 1040. The van der Waals surface area contributed by atoms with E-state index < -0.39 is 6.10 Å². The van der Waals surface area contributed by atoms with E-state index in [1.54, 1.807) is 0 Å². The predicted molar refractivity (Wildman–Crippen MR) is 293 cm³/mol. The van der Waals surface area contributed by atoms with Crippen molar-refractivity contribution in [2.45, 2.75) is 355 Å². The first-order valence-electron chi connectivity index (χ1n) is 30.8. The van der Waals surface area contributed by atoms with Crippen molar-refractivity contribution >= 4 is 17.9 Å². The van der Waals surface area contributed by atoms with Crippen molar-refractivity contribution in [1.29, 1.82) is 0 Å².